The second kappa shape index (κ2) is 7.30. The van der Waals surface area contributed by atoms with Crippen molar-refractivity contribution < 1.29 is 0 Å². The van der Waals surface area contributed by atoms with Gasteiger partial charge in [0.25, 0.3) is 0 Å². The Labute approximate surface area is 97.8 Å². The van der Waals surface area contributed by atoms with E-state index in [9.17, 15) is 0 Å². The Morgan fingerprint density at radius 1 is 0.933 bits per heavy atom. The summed E-state index contributed by atoms with van der Waals surface area (Å²) in [6, 6.07) is 0. The zero-order valence-electron chi connectivity index (χ0n) is 11.9. The molecule has 0 fully saturated rings. The first-order valence-corrected chi connectivity index (χ1v) is 6.99. The summed E-state index contributed by atoms with van der Waals surface area (Å²) in [5, 5.41) is 0. The van der Waals surface area contributed by atoms with E-state index in [0.29, 0.717) is 5.41 Å². The van der Waals surface area contributed by atoms with Crippen molar-refractivity contribution in [3.63, 3.8) is 0 Å². The van der Waals surface area contributed by atoms with E-state index in [1.54, 1.807) is 0 Å². The molecule has 0 saturated heterocycles. The molecule has 0 amide bonds. The van der Waals surface area contributed by atoms with Crippen LogP contribution in [0.2, 0.25) is 0 Å². The maximum atomic E-state index is 2.45. The maximum absolute atomic E-state index is 2.45. The minimum atomic E-state index is 0.598. The molecule has 0 aromatic rings. The van der Waals surface area contributed by atoms with Gasteiger partial charge < -0.3 is 0 Å². The van der Waals surface area contributed by atoms with Gasteiger partial charge in [0.05, 0.1) is 0 Å². The third-order valence-corrected chi connectivity index (χ3v) is 4.43. The fourth-order valence-electron chi connectivity index (χ4n) is 2.32. The molecule has 1 atom stereocenters. The number of hydrogen-bond acceptors (Lipinski definition) is 0. The average Bonchev–Trinajstić information content (AvgIpc) is 2.23. The molecule has 15 heavy (non-hydrogen) atoms. The largest absolute Gasteiger partial charge is 0.0654 e. The molecular weight excluding hydrogens is 180 g/mol. The Bertz CT molecular complexity index is 142. The fourth-order valence-corrected chi connectivity index (χ4v) is 2.32. The van der Waals surface area contributed by atoms with E-state index >= 15 is 0 Å². The predicted octanol–water partition coefficient (Wildman–Crippen LogP) is 5.67. The van der Waals surface area contributed by atoms with Gasteiger partial charge in [0.1, 0.15) is 0 Å². The summed E-state index contributed by atoms with van der Waals surface area (Å²) in [5.41, 5.74) is 0.598. The van der Waals surface area contributed by atoms with Crippen molar-refractivity contribution in [3.05, 3.63) is 0 Å². The standard InChI is InChI=1S/C15H32/c1-7-10-14(13(4)5)11-12-15(6,8-2)9-3/h13-14H,7-12H2,1-6H3. The van der Waals surface area contributed by atoms with Crippen LogP contribution in [0, 0.1) is 17.3 Å². The van der Waals surface area contributed by atoms with E-state index in [1.807, 2.05) is 0 Å². The molecule has 0 radical (unpaired) electrons. The van der Waals surface area contributed by atoms with E-state index in [-0.39, 0.29) is 0 Å². The molecule has 0 rings (SSSR count). The Kier molecular flexibility index (Phi) is 7.30. The lowest BCUT2D eigenvalue weighted by atomic mass is 9.76. The van der Waals surface area contributed by atoms with E-state index in [0.717, 1.165) is 11.8 Å². The van der Waals surface area contributed by atoms with Crippen molar-refractivity contribution >= 4 is 0 Å². The number of hydrogen-bond donors (Lipinski definition) is 0. The molecule has 0 spiro atoms. The fraction of sp³-hybridized carbons (Fsp3) is 1.00. The first-order valence-electron chi connectivity index (χ1n) is 6.99. The highest BCUT2D eigenvalue weighted by Crippen LogP contribution is 2.35. The molecule has 0 aromatic carbocycles. The van der Waals surface area contributed by atoms with Gasteiger partial charge in [0, 0.05) is 0 Å². The lowest BCUT2D eigenvalue weighted by Gasteiger charge is -2.30. The van der Waals surface area contributed by atoms with Gasteiger partial charge in [-0.05, 0) is 30.1 Å². The minimum Gasteiger partial charge on any atom is -0.0654 e. The summed E-state index contributed by atoms with van der Waals surface area (Å²) >= 11 is 0. The molecule has 0 N–H and O–H groups in total. The first kappa shape index (κ1) is 15.0. The quantitative estimate of drug-likeness (QED) is 0.486. The Hall–Kier alpha value is 0. The molecule has 0 aliphatic carbocycles. The lowest BCUT2D eigenvalue weighted by Crippen LogP contribution is -2.18. The van der Waals surface area contributed by atoms with Gasteiger partial charge in [-0.2, -0.15) is 0 Å². The first-order chi connectivity index (χ1) is 6.99. The van der Waals surface area contributed by atoms with Crippen LogP contribution in [0.3, 0.4) is 0 Å². The summed E-state index contributed by atoms with van der Waals surface area (Å²) in [6.45, 7) is 14.2. The van der Waals surface area contributed by atoms with Crippen molar-refractivity contribution in [1.29, 1.82) is 0 Å². The summed E-state index contributed by atoms with van der Waals surface area (Å²) in [4.78, 5) is 0. The van der Waals surface area contributed by atoms with Crippen molar-refractivity contribution in [1.82, 2.24) is 0 Å². The van der Waals surface area contributed by atoms with Crippen LogP contribution in [-0.2, 0) is 0 Å². The zero-order chi connectivity index (χ0) is 11.9. The minimum absolute atomic E-state index is 0.598. The number of rotatable bonds is 8. The van der Waals surface area contributed by atoms with Gasteiger partial charge in [0.2, 0.25) is 0 Å². The van der Waals surface area contributed by atoms with Gasteiger partial charge in [-0.1, -0.05) is 67.2 Å². The zero-order valence-corrected chi connectivity index (χ0v) is 11.9. The van der Waals surface area contributed by atoms with Crippen molar-refractivity contribution in [3.8, 4) is 0 Å². The molecule has 0 bridgehead atoms. The van der Waals surface area contributed by atoms with Gasteiger partial charge >= 0.3 is 0 Å². The molecule has 0 nitrogen and oxygen atoms in total. The van der Waals surface area contributed by atoms with Crippen LogP contribution in [0.25, 0.3) is 0 Å². The molecule has 0 aliphatic rings. The third-order valence-electron chi connectivity index (χ3n) is 4.43. The van der Waals surface area contributed by atoms with Crippen molar-refractivity contribution in [2.75, 3.05) is 0 Å². The molecule has 1 unspecified atom stereocenters. The molecule has 0 heteroatoms. The van der Waals surface area contributed by atoms with Crippen LogP contribution in [-0.4, -0.2) is 0 Å². The van der Waals surface area contributed by atoms with Crippen LogP contribution in [0.15, 0.2) is 0 Å². The Morgan fingerprint density at radius 2 is 1.47 bits per heavy atom. The van der Waals surface area contributed by atoms with Gasteiger partial charge in [-0.3, -0.25) is 0 Å². The maximum Gasteiger partial charge on any atom is -0.0331 e. The monoisotopic (exact) mass is 212 g/mol. The average molecular weight is 212 g/mol. The van der Waals surface area contributed by atoms with E-state index in [2.05, 4.69) is 41.5 Å². The van der Waals surface area contributed by atoms with Crippen LogP contribution in [0.1, 0.15) is 80.1 Å². The Morgan fingerprint density at radius 3 is 1.80 bits per heavy atom. The summed E-state index contributed by atoms with van der Waals surface area (Å²) in [5.74, 6) is 1.82. The second-order valence-electron chi connectivity index (χ2n) is 5.85. The van der Waals surface area contributed by atoms with Crippen molar-refractivity contribution in [2.45, 2.75) is 80.1 Å². The molecule has 0 heterocycles. The van der Waals surface area contributed by atoms with Crippen LogP contribution >= 0.6 is 0 Å². The molecule has 0 aliphatic heterocycles. The van der Waals surface area contributed by atoms with Crippen molar-refractivity contribution in [2.24, 2.45) is 17.3 Å². The summed E-state index contributed by atoms with van der Waals surface area (Å²) < 4.78 is 0. The van der Waals surface area contributed by atoms with Crippen LogP contribution < -0.4 is 0 Å². The Balaban J connectivity index is 4.07. The van der Waals surface area contributed by atoms with Crippen LogP contribution in [0.4, 0.5) is 0 Å². The van der Waals surface area contributed by atoms with Gasteiger partial charge in [-0.15, -0.1) is 0 Å². The van der Waals surface area contributed by atoms with Crippen LogP contribution in [0.5, 0.6) is 0 Å². The molecule has 0 aromatic heterocycles. The summed E-state index contributed by atoms with van der Waals surface area (Å²) in [7, 11) is 0. The second-order valence-corrected chi connectivity index (χ2v) is 5.85. The van der Waals surface area contributed by atoms with Gasteiger partial charge in [0.15, 0.2) is 0 Å². The van der Waals surface area contributed by atoms with E-state index < -0.39 is 0 Å². The predicted molar refractivity (Wildman–Crippen MR) is 71.2 cm³/mol. The molecular formula is C15H32. The topological polar surface area (TPSA) is 0 Å². The highest BCUT2D eigenvalue weighted by atomic mass is 14.3. The lowest BCUT2D eigenvalue weighted by molar-refractivity contribution is 0.218. The van der Waals surface area contributed by atoms with E-state index in [1.165, 1.54) is 38.5 Å². The molecule has 92 valence electrons. The highest BCUT2D eigenvalue weighted by molar-refractivity contribution is 4.74. The normalized spacial score (nSPS) is 14.6. The molecule has 0 saturated carbocycles. The van der Waals surface area contributed by atoms with Gasteiger partial charge in [-0.25, -0.2) is 0 Å². The SMILES string of the molecule is CCCC(CCC(C)(CC)CC)C(C)C. The summed E-state index contributed by atoms with van der Waals surface area (Å²) in [6.07, 6.45) is 8.28. The van der Waals surface area contributed by atoms with E-state index in [4.69, 9.17) is 0 Å². The third kappa shape index (κ3) is 5.58. The smallest absolute Gasteiger partial charge is 0.0331 e. The highest BCUT2D eigenvalue weighted by Gasteiger charge is 2.22.